The molecule has 0 unspecified atom stereocenters. The molecule has 0 saturated carbocycles. The molecule has 5 heteroatoms. The number of anilines is 1. The minimum absolute atomic E-state index is 0.0672. The molecule has 1 aliphatic carbocycles. The van der Waals surface area contributed by atoms with Crippen LogP contribution in [-0.2, 0) is 4.79 Å². The number of piperidine rings is 1. The van der Waals surface area contributed by atoms with Crippen LogP contribution in [0, 0.1) is 0 Å². The van der Waals surface area contributed by atoms with Crippen molar-refractivity contribution in [3.8, 4) is 0 Å². The second-order valence-corrected chi connectivity index (χ2v) is 6.86. The Morgan fingerprint density at radius 1 is 1.00 bits per heavy atom. The number of para-hydroxylation sites is 1. The average molecular weight is 341 g/mol. The van der Waals surface area contributed by atoms with Crippen molar-refractivity contribution < 1.29 is 9.59 Å². The molecule has 1 fully saturated rings. The van der Waals surface area contributed by atoms with E-state index >= 15 is 0 Å². The Kier molecular flexibility index (Phi) is 6.09. The van der Waals surface area contributed by atoms with Crippen molar-refractivity contribution in [1.29, 1.82) is 0 Å². The van der Waals surface area contributed by atoms with Gasteiger partial charge in [-0.05, 0) is 50.7 Å². The standard InChI is InChI=1S/C20H27N3O2/c24-19(16-8-4-1-2-5-9-16)21-18-12-14-23(15-13-18)20(25)22-17-10-6-3-7-11-17/h3,6-8,10-11,18H,1-2,4-5,9,12-15H2,(H,21,24)(H,22,25). The maximum absolute atomic E-state index is 12.4. The molecule has 3 rings (SSSR count). The maximum Gasteiger partial charge on any atom is 0.321 e. The molecule has 3 amide bonds. The van der Waals surface area contributed by atoms with E-state index in [4.69, 9.17) is 0 Å². The fraction of sp³-hybridized carbons (Fsp3) is 0.500. The third kappa shape index (κ3) is 5.08. The van der Waals surface area contributed by atoms with Gasteiger partial charge in [0.25, 0.3) is 0 Å². The van der Waals surface area contributed by atoms with Gasteiger partial charge in [0.2, 0.25) is 5.91 Å². The van der Waals surface area contributed by atoms with Gasteiger partial charge in [-0.2, -0.15) is 0 Å². The van der Waals surface area contributed by atoms with Gasteiger partial charge in [-0.15, -0.1) is 0 Å². The predicted molar refractivity (Wildman–Crippen MR) is 99.4 cm³/mol. The Labute approximate surface area is 149 Å². The molecular formula is C20H27N3O2. The highest BCUT2D eigenvalue weighted by molar-refractivity contribution is 5.93. The Morgan fingerprint density at radius 3 is 2.52 bits per heavy atom. The molecule has 2 aliphatic rings. The lowest BCUT2D eigenvalue weighted by molar-refractivity contribution is -0.118. The Balaban J connectivity index is 1.44. The third-order valence-corrected chi connectivity index (χ3v) is 4.98. The van der Waals surface area contributed by atoms with E-state index in [-0.39, 0.29) is 18.0 Å². The molecule has 1 aliphatic heterocycles. The summed E-state index contributed by atoms with van der Waals surface area (Å²) in [7, 11) is 0. The molecule has 0 radical (unpaired) electrons. The molecule has 0 bridgehead atoms. The highest BCUT2D eigenvalue weighted by Gasteiger charge is 2.24. The predicted octanol–water partition coefficient (Wildman–Crippen LogP) is 3.69. The zero-order chi connectivity index (χ0) is 17.5. The van der Waals surface area contributed by atoms with E-state index in [1.807, 2.05) is 35.2 Å². The van der Waals surface area contributed by atoms with Gasteiger partial charge in [-0.25, -0.2) is 4.79 Å². The van der Waals surface area contributed by atoms with Crippen LogP contribution in [0.2, 0.25) is 0 Å². The van der Waals surface area contributed by atoms with Crippen LogP contribution in [0.25, 0.3) is 0 Å². The molecule has 1 aromatic rings. The summed E-state index contributed by atoms with van der Waals surface area (Å²) in [6.07, 6.45) is 9.13. The quantitative estimate of drug-likeness (QED) is 0.881. The number of hydrogen-bond acceptors (Lipinski definition) is 2. The monoisotopic (exact) mass is 341 g/mol. The lowest BCUT2D eigenvalue weighted by Gasteiger charge is -2.32. The van der Waals surface area contributed by atoms with Crippen molar-refractivity contribution in [2.24, 2.45) is 0 Å². The number of hydrogen-bond donors (Lipinski definition) is 2. The van der Waals surface area contributed by atoms with Gasteiger partial charge < -0.3 is 15.5 Å². The highest BCUT2D eigenvalue weighted by atomic mass is 16.2. The molecule has 25 heavy (non-hydrogen) atoms. The average Bonchev–Trinajstić information content (AvgIpc) is 2.92. The van der Waals surface area contributed by atoms with Crippen LogP contribution in [0.3, 0.4) is 0 Å². The smallest absolute Gasteiger partial charge is 0.321 e. The van der Waals surface area contributed by atoms with Crippen LogP contribution in [-0.4, -0.2) is 36.0 Å². The molecule has 5 nitrogen and oxygen atoms in total. The molecule has 0 aromatic heterocycles. The number of carbonyl (C=O) groups is 2. The number of likely N-dealkylation sites (tertiary alicyclic amines) is 1. The van der Waals surface area contributed by atoms with Crippen LogP contribution in [0.1, 0.15) is 44.9 Å². The summed E-state index contributed by atoms with van der Waals surface area (Å²) in [5.41, 5.74) is 1.75. The summed E-state index contributed by atoms with van der Waals surface area (Å²) >= 11 is 0. The number of amides is 3. The van der Waals surface area contributed by atoms with Gasteiger partial charge >= 0.3 is 6.03 Å². The minimum atomic E-state index is -0.0672. The van der Waals surface area contributed by atoms with Crippen molar-refractivity contribution in [3.63, 3.8) is 0 Å². The fourth-order valence-electron chi connectivity index (χ4n) is 3.45. The van der Waals surface area contributed by atoms with E-state index < -0.39 is 0 Å². The van der Waals surface area contributed by atoms with Gasteiger partial charge in [0.15, 0.2) is 0 Å². The zero-order valence-corrected chi connectivity index (χ0v) is 14.7. The second kappa shape index (κ2) is 8.70. The number of rotatable bonds is 3. The summed E-state index contributed by atoms with van der Waals surface area (Å²) in [4.78, 5) is 26.5. The summed E-state index contributed by atoms with van der Waals surface area (Å²) in [5.74, 6) is 0.0917. The number of nitrogens with zero attached hydrogens (tertiary/aromatic N) is 1. The van der Waals surface area contributed by atoms with Crippen LogP contribution in [0.15, 0.2) is 42.0 Å². The summed E-state index contributed by atoms with van der Waals surface area (Å²) in [5, 5.41) is 6.08. The second-order valence-electron chi connectivity index (χ2n) is 6.86. The van der Waals surface area contributed by atoms with Crippen LogP contribution < -0.4 is 10.6 Å². The molecule has 0 atom stereocenters. The SMILES string of the molecule is O=C(NC1CCN(C(=O)Nc2ccccc2)CC1)C1=CCCCCC1. The maximum atomic E-state index is 12.4. The molecule has 134 valence electrons. The number of nitrogens with one attached hydrogen (secondary N) is 2. The lowest BCUT2D eigenvalue weighted by Crippen LogP contribution is -2.48. The Morgan fingerprint density at radius 2 is 1.76 bits per heavy atom. The highest BCUT2D eigenvalue weighted by Crippen LogP contribution is 2.19. The molecule has 1 aromatic carbocycles. The Bertz CT molecular complexity index is 619. The van der Waals surface area contributed by atoms with Gasteiger partial charge in [-0.3, -0.25) is 4.79 Å². The molecule has 2 N–H and O–H groups in total. The van der Waals surface area contributed by atoms with Gasteiger partial charge in [-0.1, -0.05) is 30.7 Å². The van der Waals surface area contributed by atoms with Crippen molar-refractivity contribution >= 4 is 17.6 Å². The van der Waals surface area contributed by atoms with Crippen LogP contribution in [0.5, 0.6) is 0 Å². The molecule has 1 saturated heterocycles. The van der Waals surface area contributed by atoms with Crippen molar-refractivity contribution in [2.45, 2.75) is 51.0 Å². The first-order valence-corrected chi connectivity index (χ1v) is 9.33. The van der Waals surface area contributed by atoms with Gasteiger partial charge in [0.1, 0.15) is 0 Å². The van der Waals surface area contributed by atoms with Gasteiger partial charge in [0, 0.05) is 30.4 Å². The van der Waals surface area contributed by atoms with E-state index in [2.05, 4.69) is 16.7 Å². The topological polar surface area (TPSA) is 61.4 Å². The zero-order valence-electron chi connectivity index (χ0n) is 14.7. The van der Waals surface area contributed by atoms with E-state index in [1.165, 1.54) is 12.8 Å². The number of carbonyl (C=O) groups excluding carboxylic acids is 2. The first kappa shape index (κ1) is 17.5. The van der Waals surface area contributed by atoms with E-state index in [0.29, 0.717) is 13.1 Å². The molecular weight excluding hydrogens is 314 g/mol. The van der Waals surface area contributed by atoms with E-state index in [9.17, 15) is 9.59 Å². The third-order valence-electron chi connectivity index (χ3n) is 4.98. The van der Waals surface area contributed by atoms with Crippen molar-refractivity contribution in [2.75, 3.05) is 18.4 Å². The van der Waals surface area contributed by atoms with E-state index in [0.717, 1.165) is 43.4 Å². The largest absolute Gasteiger partial charge is 0.349 e. The molecule has 1 heterocycles. The van der Waals surface area contributed by atoms with Crippen LogP contribution >= 0.6 is 0 Å². The Hall–Kier alpha value is -2.30. The first-order valence-electron chi connectivity index (χ1n) is 9.33. The van der Waals surface area contributed by atoms with E-state index in [1.54, 1.807) is 0 Å². The van der Waals surface area contributed by atoms with Crippen molar-refractivity contribution in [3.05, 3.63) is 42.0 Å². The number of allylic oxidation sites excluding steroid dienone is 1. The van der Waals surface area contributed by atoms with Gasteiger partial charge in [0.05, 0.1) is 0 Å². The first-order chi connectivity index (χ1) is 12.2. The summed E-state index contributed by atoms with van der Waals surface area (Å²) < 4.78 is 0. The molecule has 0 spiro atoms. The number of urea groups is 1. The fourth-order valence-corrected chi connectivity index (χ4v) is 3.45. The van der Waals surface area contributed by atoms with Crippen molar-refractivity contribution in [1.82, 2.24) is 10.2 Å². The minimum Gasteiger partial charge on any atom is -0.349 e. The lowest BCUT2D eigenvalue weighted by atomic mass is 10.0. The summed E-state index contributed by atoms with van der Waals surface area (Å²) in [6.45, 7) is 1.34. The van der Waals surface area contributed by atoms with Crippen LogP contribution in [0.4, 0.5) is 10.5 Å². The normalized spacial score (nSPS) is 18.9. The summed E-state index contributed by atoms with van der Waals surface area (Å²) in [6, 6.07) is 9.59. The number of benzene rings is 1.